The second-order valence-corrected chi connectivity index (χ2v) is 8.34. The zero-order chi connectivity index (χ0) is 15.2. The number of fused-ring (bicyclic) bond motifs is 2. The van der Waals surface area contributed by atoms with Crippen LogP contribution in [0.25, 0.3) is 0 Å². The molecule has 2 rings (SSSR count). The van der Waals surface area contributed by atoms with Crippen LogP contribution < -0.4 is 0 Å². The fourth-order valence-electron chi connectivity index (χ4n) is 4.23. The van der Waals surface area contributed by atoms with Gasteiger partial charge < -0.3 is 5.11 Å². The van der Waals surface area contributed by atoms with Crippen molar-refractivity contribution in [3.05, 3.63) is 12.2 Å². The molecule has 5 atom stereocenters. The van der Waals surface area contributed by atoms with Gasteiger partial charge in [0.1, 0.15) is 0 Å². The zero-order valence-corrected chi connectivity index (χ0v) is 13.8. The van der Waals surface area contributed by atoms with E-state index >= 15 is 0 Å². The zero-order valence-electron chi connectivity index (χ0n) is 13.0. The summed E-state index contributed by atoms with van der Waals surface area (Å²) in [6.45, 7) is 2.01. The molecule has 120 valence electrons. The van der Waals surface area contributed by atoms with Gasteiger partial charge in [-0.05, 0) is 62.2 Å². The number of unbranched alkanes of at least 4 members (excludes halogenated alkanes) is 1. The maximum atomic E-state index is 11.9. The first kappa shape index (κ1) is 16.7. The molecule has 0 aromatic heterocycles. The molecule has 1 unspecified atom stereocenters. The maximum Gasteiger partial charge on any atom is 0.303 e. The Morgan fingerprint density at radius 2 is 1.95 bits per heavy atom. The number of carboxylic acids is 1. The summed E-state index contributed by atoms with van der Waals surface area (Å²) in [4.78, 5) is 10.4. The van der Waals surface area contributed by atoms with E-state index in [4.69, 9.17) is 5.11 Å². The standard InChI is InChI=1S/C17H28O3S/c1-2-21(20)12-16-14-10-9-13(11-14)15(16)7-5-3-4-6-8-17(18)19/h3,5,13-16H,2,4,6-12H2,1H3,(H,18,19)/b5-3-/t13-,14+,15-,16+,21?/m0/s1. The highest BCUT2D eigenvalue weighted by Crippen LogP contribution is 2.53. The molecule has 21 heavy (non-hydrogen) atoms. The molecule has 2 fully saturated rings. The van der Waals surface area contributed by atoms with E-state index in [9.17, 15) is 9.00 Å². The van der Waals surface area contributed by atoms with E-state index in [2.05, 4.69) is 12.2 Å². The van der Waals surface area contributed by atoms with Crippen LogP contribution in [0.1, 0.15) is 51.9 Å². The van der Waals surface area contributed by atoms with Crippen LogP contribution in [0.2, 0.25) is 0 Å². The van der Waals surface area contributed by atoms with Crippen LogP contribution in [0.3, 0.4) is 0 Å². The number of aliphatic carboxylic acids is 1. The van der Waals surface area contributed by atoms with Crippen molar-refractivity contribution in [2.45, 2.75) is 51.9 Å². The van der Waals surface area contributed by atoms with Gasteiger partial charge in [0.05, 0.1) is 0 Å². The molecular formula is C17H28O3S. The fourth-order valence-corrected chi connectivity index (χ4v) is 5.42. The lowest BCUT2D eigenvalue weighted by Crippen LogP contribution is -2.27. The third-order valence-corrected chi connectivity index (χ3v) is 6.71. The third kappa shape index (κ3) is 4.67. The van der Waals surface area contributed by atoms with E-state index in [1.54, 1.807) is 0 Å². The van der Waals surface area contributed by atoms with Crippen LogP contribution >= 0.6 is 0 Å². The minimum Gasteiger partial charge on any atom is -0.481 e. The van der Waals surface area contributed by atoms with Gasteiger partial charge in [0.2, 0.25) is 0 Å². The van der Waals surface area contributed by atoms with E-state index in [1.165, 1.54) is 19.3 Å². The van der Waals surface area contributed by atoms with E-state index < -0.39 is 16.8 Å². The largest absolute Gasteiger partial charge is 0.481 e. The predicted molar refractivity (Wildman–Crippen MR) is 86.6 cm³/mol. The molecule has 4 heteroatoms. The molecule has 0 radical (unpaired) electrons. The van der Waals surface area contributed by atoms with Gasteiger partial charge >= 0.3 is 5.97 Å². The lowest BCUT2D eigenvalue weighted by Gasteiger charge is -2.30. The summed E-state index contributed by atoms with van der Waals surface area (Å²) >= 11 is 0. The molecule has 0 aromatic rings. The van der Waals surface area contributed by atoms with Gasteiger partial charge in [0.25, 0.3) is 0 Å². The van der Waals surface area contributed by atoms with Gasteiger partial charge in [-0.3, -0.25) is 9.00 Å². The van der Waals surface area contributed by atoms with Crippen molar-refractivity contribution in [2.75, 3.05) is 11.5 Å². The average Bonchev–Trinajstić information content (AvgIpc) is 3.04. The van der Waals surface area contributed by atoms with Crippen molar-refractivity contribution in [3.8, 4) is 0 Å². The first-order chi connectivity index (χ1) is 10.1. The number of hydrogen-bond donors (Lipinski definition) is 1. The van der Waals surface area contributed by atoms with Crippen molar-refractivity contribution in [1.82, 2.24) is 0 Å². The van der Waals surface area contributed by atoms with Gasteiger partial charge in [-0.15, -0.1) is 0 Å². The quantitative estimate of drug-likeness (QED) is 0.522. The summed E-state index contributed by atoms with van der Waals surface area (Å²) in [5.41, 5.74) is 0. The Bertz CT molecular complexity index is 405. The second kappa shape index (κ2) is 8.11. The Morgan fingerprint density at radius 3 is 2.62 bits per heavy atom. The molecular weight excluding hydrogens is 284 g/mol. The van der Waals surface area contributed by atoms with Crippen molar-refractivity contribution in [3.63, 3.8) is 0 Å². The highest BCUT2D eigenvalue weighted by Gasteiger charge is 2.46. The second-order valence-electron chi connectivity index (χ2n) is 6.55. The summed E-state index contributed by atoms with van der Waals surface area (Å²) in [6.07, 6.45) is 11.4. The highest BCUT2D eigenvalue weighted by molar-refractivity contribution is 7.84. The van der Waals surface area contributed by atoms with Gasteiger partial charge in [0, 0.05) is 28.7 Å². The number of hydrogen-bond acceptors (Lipinski definition) is 2. The van der Waals surface area contributed by atoms with E-state index in [0.29, 0.717) is 5.92 Å². The molecule has 2 bridgehead atoms. The molecule has 1 N–H and O–H groups in total. The van der Waals surface area contributed by atoms with Crippen LogP contribution in [0.15, 0.2) is 12.2 Å². The highest BCUT2D eigenvalue weighted by atomic mass is 32.2. The minimum atomic E-state index is -0.710. The molecule has 0 aliphatic heterocycles. The smallest absolute Gasteiger partial charge is 0.303 e. The predicted octanol–water partition coefficient (Wildman–Crippen LogP) is 3.62. The Labute approximate surface area is 130 Å². The lowest BCUT2D eigenvalue weighted by atomic mass is 9.78. The Kier molecular flexibility index (Phi) is 6.46. The molecule has 0 spiro atoms. The van der Waals surface area contributed by atoms with Crippen LogP contribution in [0, 0.1) is 23.7 Å². The monoisotopic (exact) mass is 312 g/mol. The van der Waals surface area contributed by atoms with Crippen molar-refractivity contribution in [2.24, 2.45) is 23.7 Å². The number of carbonyl (C=O) groups is 1. The van der Waals surface area contributed by atoms with Crippen molar-refractivity contribution in [1.29, 1.82) is 0 Å². The van der Waals surface area contributed by atoms with E-state index in [0.717, 1.165) is 48.5 Å². The van der Waals surface area contributed by atoms with E-state index in [-0.39, 0.29) is 6.42 Å². The maximum absolute atomic E-state index is 11.9. The number of carboxylic acid groups (broad SMARTS) is 1. The molecule has 2 aliphatic rings. The first-order valence-electron chi connectivity index (χ1n) is 8.33. The van der Waals surface area contributed by atoms with Crippen LogP contribution in [0.5, 0.6) is 0 Å². The SMILES string of the molecule is CCS(=O)C[C@@H]1[C@@H]2CC[C@@H](C2)[C@@H]1C/C=C\CCCC(=O)O. The summed E-state index contributed by atoms with van der Waals surface area (Å²) in [5.74, 6) is 4.01. The summed E-state index contributed by atoms with van der Waals surface area (Å²) in [5, 5.41) is 8.60. The summed E-state index contributed by atoms with van der Waals surface area (Å²) in [7, 11) is -0.644. The molecule has 2 saturated carbocycles. The summed E-state index contributed by atoms with van der Waals surface area (Å²) < 4.78 is 11.9. The molecule has 3 nitrogen and oxygen atoms in total. The third-order valence-electron chi connectivity index (χ3n) is 5.31. The number of rotatable bonds is 9. The van der Waals surface area contributed by atoms with Gasteiger partial charge in [-0.2, -0.15) is 0 Å². The molecule has 0 saturated heterocycles. The lowest BCUT2D eigenvalue weighted by molar-refractivity contribution is -0.137. The Hall–Kier alpha value is -0.640. The van der Waals surface area contributed by atoms with Crippen molar-refractivity contribution < 1.29 is 14.1 Å². The summed E-state index contributed by atoms with van der Waals surface area (Å²) in [6, 6.07) is 0. The molecule has 2 aliphatic carbocycles. The first-order valence-corrected chi connectivity index (χ1v) is 9.82. The van der Waals surface area contributed by atoms with Gasteiger partial charge in [-0.25, -0.2) is 0 Å². The van der Waals surface area contributed by atoms with E-state index in [1.807, 2.05) is 6.92 Å². The average molecular weight is 312 g/mol. The van der Waals surface area contributed by atoms with Crippen molar-refractivity contribution >= 4 is 16.8 Å². The number of allylic oxidation sites excluding steroid dienone is 2. The van der Waals surface area contributed by atoms with Crippen LogP contribution in [0.4, 0.5) is 0 Å². The Morgan fingerprint density at radius 1 is 1.24 bits per heavy atom. The van der Waals surface area contributed by atoms with Crippen LogP contribution in [-0.4, -0.2) is 26.8 Å². The fraction of sp³-hybridized carbons (Fsp3) is 0.824. The molecule has 0 amide bonds. The molecule has 0 heterocycles. The topological polar surface area (TPSA) is 54.4 Å². The van der Waals surface area contributed by atoms with Gasteiger partial charge in [-0.1, -0.05) is 19.1 Å². The minimum absolute atomic E-state index is 0.260. The molecule has 0 aromatic carbocycles. The Balaban J connectivity index is 1.78. The normalized spacial score (nSPS) is 32.8. The van der Waals surface area contributed by atoms with Gasteiger partial charge in [0.15, 0.2) is 0 Å². The van der Waals surface area contributed by atoms with Crippen LogP contribution in [-0.2, 0) is 15.6 Å².